The number of rotatable bonds is 1. The van der Waals surface area contributed by atoms with Gasteiger partial charge in [-0.3, -0.25) is 0 Å². The summed E-state index contributed by atoms with van der Waals surface area (Å²) in [7, 11) is 1.66. The van der Waals surface area contributed by atoms with Crippen molar-refractivity contribution in [2.24, 2.45) is 0 Å². The maximum Gasteiger partial charge on any atom is 0.136 e. The first kappa shape index (κ1) is 8.56. The molecule has 4 heteroatoms. The minimum Gasteiger partial charge on any atom is -0.495 e. The van der Waals surface area contributed by atoms with Crippen LogP contribution in [0.3, 0.4) is 0 Å². The van der Waals surface area contributed by atoms with Crippen molar-refractivity contribution in [3.05, 3.63) is 28.5 Å². The Balaban J connectivity index is 2.77. The predicted molar refractivity (Wildman–Crippen MR) is 54.2 cm³/mol. The molecule has 2 rings (SSSR count). The number of hydrogen-bond acceptors (Lipinski definition) is 2. The molecule has 0 spiro atoms. The Hall–Kier alpha value is -1.03. The number of aromatic nitrogens is 2. The van der Waals surface area contributed by atoms with Gasteiger partial charge in [0, 0.05) is 12.3 Å². The van der Waals surface area contributed by atoms with Gasteiger partial charge in [0.15, 0.2) is 0 Å². The van der Waals surface area contributed by atoms with E-state index >= 15 is 0 Å². The highest BCUT2D eigenvalue weighted by Gasteiger charge is 2.05. The minimum absolute atomic E-state index is 0.830. The average molecular weight is 241 g/mol. The zero-order valence-electron chi connectivity index (χ0n) is 7.41. The van der Waals surface area contributed by atoms with Crippen molar-refractivity contribution < 1.29 is 4.74 Å². The fourth-order valence-corrected chi connectivity index (χ4v) is 1.73. The third-order valence-corrected chi connectivity index (χ3v) is 2.58. The fourth-order valence-electron chi connectivity index (χ4n) is 1.26. The molecule has 2 aromatic rings. The van der Waals surface area contributed by atoms with E-state index in [0.29, 0.717) is 0 Å². The number of aryl methyl sites for hydroxylation is 1. The SMILES string of the molecule is COc1cc2c(C)cnn2cc1Br. The summed E-state index contributed by atoms with van der Waals surface area (Å²) >= 11 is 3.40. The first-order valence-electron chi connectivity index (χ1n) is 3.90. The largest absolute Gasteiger partial charge is 0.495 e. The Bertz CT molecular complexity index is 450. The van der Waals surface area contributed by atoms with Gasteiger partial charge in [-0.2, -0.15) is 5.10 Å². The van der Waals surface area contributed by atoms with Crippen LogP contribution in [0.4, 0.5) is 0 Å². The van der Waals surface area contributed by atoms with Gasteiger partial charge < -0.3 is 4.74 Å². The summed E-state index contributed by atoms with van der Waals surface area (Å²) in [4.78, 5) is 0. The smallest absolute Gasteiger partial charge is 0.136 e. The van der Waals surface area contributed by atoms with Crippen molar-refractivity contribution >= 4 is 21.4 Å². The molecule has 0 saturated carbocycles. The van der Waals surface area contributed by atoms with Crippen LogP contribution in [0.2, 0.25) is 0 Å². The van der Waals surface area contributed by atoms with E-state index in [-0.39, 0.29) is 0 Å². The van der Waals surface area contributed by atoms with E-state index in [9.17, 15) is 0 Å². The second-order valence-electron chi connectivity index (χ2n) is 2.85. The molecule has 0 unspecified atom stereocenters. The van der Waals surface area contributed by atoms with Gasteiger partial charge in [0.2, 0.25) is 0 Å². The molecule has 0 aromatic carbocycles. The second kappa shape index (κ2) is 3.03. The zero-order valence-corrected chi connectivity index (χ0v) is 9.00. The summed E-state index contributed by atoms with van der Waals surface area (Å²) in [5.74, 6) is 0.830. The number of hydrogen-bond donors (Lipinski definition) is 0. The number of fused-ring (bicyclic) bond motifs is 1. The second-order valence-corrected chi connectivity index (χ2v) is 3.70. The Morgan fingerprint density at radius 1 is 1.54 bits per heavy atom. The molecule has 0 atom stereocenters. The molecule has 0 bridgehead atoms. The molecule has 0 radical (unpaired) electrons. The van der Waals surface area contributed by atoms with Crippen LogP contribution >= 0.6 is 15.9 Å². The van der Waals surface area contributed by atoms with Crippen LogP contribution < -0.4 is 4.74 Å². The zero-order chi connectivity index (χ0) is 9.42. The molecule has 0 aliphatic rings. The Morgan fingerprint density at radius 2 is 2.31 bits per heavy atom. The van der Waals surface area contributed by atoms with E-state index in [1.54, 1.807) is 7.11 Å². The van der Waals surface area contributed by atoms with Crippen LogP contribution in [0.1, 0.15) is 5.56 Å². The maximum atomic E-state index is 5.19. The number of ether oxygens (including phenoxy) is 1. The lowest BCUT2D eigenvalue weighted by molar-refractivity contribution is 0.411. The van der Waals surface area contributed by atoms with Crippen molar-refractivity contribution in [2.45, 2.75) is 6.92 Å². The lowest BCUT2D eigenvalue weighted by atomic mass is 10.3. The molecule has 0 aliphatic heterocycles. The average Bonchev–Trinajstić information content (AvgIpc) is 2.46. The highest BCUT2D eigenvalue weighted by Crippen LogP contribution is 2.26. The lowest BCUT2D eigenvalue weighted by Gasteiger charge is -2.03. The molecule has 0 amide bonds. The molecular weight excluding hydrogens is 232 g/mol. The van der Waals surface area contributed by atoms with E-state index < -0.39 is 0 Å². The maximum absolute atomic E-state index is 5.19. The van der Waals surface area contributed by atoms with E-state index in [1.807, 2.05) is 29.9 Å². The van der Waals surface area contributed by atoms with Gasteiger partial charge in [0.25, 0.3) is 0 Å². The van der Waals surface area contributed by atoms with E-state index in [2.05, 4.69) is 21.0 Å². The van der Waals surface area contributed by atoms with Gasteiger partial charge in [-0.05, 0) is 28.4 Å². The van der Waals surface area contributed by atoms with Crippen molar-refractivity contribution in [3.8, 4) is 5.75 Å². The molecule has 3 nitrogen and oxygen atoms in total. The summed E-state index contributed by atoms with van der Waals surface area (Å²) in [6, 6.07) is 1.96. The third kappa shape index (κ3) is 1.31. The highest BCUT2D eigenvalue weighted by atomic mass is 79.9. The third-order valence-electron chi connectivity index (χ3n) is 1.99. The van der Waals surface area contributed by atoms with Gasteiger partial charge >= 0.3 is 0 Å². The van der Waals surface area contributed by atoms with Gasteiger partial charge in [0.05, 0.1) is 23.3 Å². The molecule has 0 aliphatic carbocycles. The quantitative estimate of drug-likeness (QED) is 0.766. The molecule has 68 valence electrons. The summed E-state index contributed by atoms with van der Waals surface area (Å²) in [6.45, 7) is 2.02. The Labute approximate surface area is 84.4 Å². The monoisotopic (exact) mass is 240 g/mol. The van der Waals surface area contributed by atoms with E-state index in [1.165, 1.54) is 0 Å². The molecule has 2 aromatic heterocycles. The topological polar surface area (TPSA) is 26.5 Å². The molecule has 0 N–H and O–H groups in total. The van der Waals surface area contributed by atoms with Crippen LogP contribution in [0.15, 0.2) is 22.9 Å². The standard InChI is InChI=1S/C9H9BrN2O/c1-6-4-11-12-5-7(10)9(13-2)3-8(6)12/h3-5H,1-2H3. The molecule has 0 saturated heterocycles. The normalized spacial score (nSPS) is 10.7. The van der Waals surface area contributed by atoms with Gasteiger partial charge in [-0.25, -0.2) is 4.52 Å². The first-order chi connectivity index (χ1) is 6.22. The summed E-state index contributed by atoms with van der Waals surface area (Å²) in [5.41, 5.74) is 2.21. The van der Waals surface area contributed by atoms with E-state index in [0.717, 1.165) is 21.3 Å². The van der Waals surface area contributed by atoms with Crippen LogP contribution in [-0.4, -0.2) is 16.7 Å². The molecule has 13 heavy (non-hydrogen) atoms. The van der Waals surface area contributed by atoms with Crippen LogP contribution in [0, 0.1) is 6.92 Å². The van der Waals surface area contributed by atoms with Crippen molar-refractivity contribution in [3.63, 3.8) is 0 Å². The fraction of sp³-hybridized carbons (Fsp3) is 0.222. The molecule has 0 fully saturated rings. The summed E-state index contributed by atoms with van der Waals surface area (Å²) in [5, 5.41) is 4.19. The van der Waals surface area contributed by atoms with Crippen LogP contribution in [0.5, 0.6) is 5.75 Å². The van der Waals surface area contributed by atoms with Gasteiger partial charge in [0.1, 0.15) is 5.75 Å². The highest BCUT2D eigenvalue weighted by molar-refractivity contribution is 9.10. The predicted octanol–water partition coefficient (Wildman–Crippen LogP) is 2.41. The molecular formula is C9H9BrN2O. The van der Waals surface area contributed by atoms with Gasteiger partial charge in [-0.1, -0.05) is 0 Å². The van der Waals surface area contributed by atoms with Crippen molar-refractivity contribution in [2.75, 3.05) is 7.11 Å². The van der Waals surface area contributed by atoms with Gasteiger partial charge in [-0.15, -0.1) is 0 Å². The van der Waals surface area contributed by atoms with E-state index in [4.69, 9.17) is 4.74 Å². The number of halogens is 1. The Morgan fingerprint density at radius 3 is 3.00 bits per heavy atom. The summed E-state index contributed by atoms with van der Waals surface area (Å²) < 4.78 is 7.92. The van der Waals surface area contributed by atoms with Crippen LogP contribution in [0.25, 0.3) is 5.52 Å². The van der Waals surface area contributed by atoms with Crippen molar-refractivity contribution in [1.82, 2.24) is 9.61 Å². The minimum atomic E-state index is 0.830. The first-order valence-corrected chi connectivity index (χ1v) is 4.69. The number of methoxy groups -OCH3 is 1. The lowest BCUT2D eigenvalue weighted by Crippen LogP contribution is -1.90. The van der Waals surface area contributed by atoms with Crippen molar-refractivity contribution in [1.29, 1.82) is 0 Å². The number of nitrogens with zero attached hydrogens (tertiary/aromatic N) is 2. The number of pyridine rings is 1. The van der Waals surface area contributed by atoms with Crippen LogP contribution in [-0.2, 0) is 0 Å². The summed E-state index contributed by atoms with van der Waals surface area (Å²) in [6.07, 6.45) is 3.72. The molecule has 2 heterocycles. The Kier molecular flexibility index (Phi) is 2.00.